The van der Waals surface area contributed by atoms with Crippen molar-refractivity contribution in [1.82, 2.24) is 9.36 Å². The van der Waals surface area contributed by atoms with Gasteiger partial charge in [-0.05, 0) is 23.1 Å². The van der Waals surface area contributed by atoms with Crippen LogP contribution in [-0.4, -0.2) is 22.1 Å². The Morgan fingerprint density at radius 1 is 1.46 bits per heavy atom. The van der Waals surface area contributed by atoms with Gasteiger partial charge in [0, 0.05) is 0 Å². The largest absolute Gasteiger partial charge is 0.411 e. The van der Waals surface area contributed by atoms with Gasteiger partial charge in [-0.15, -0.1) is 0 Å². The van der Waals surface area contributed by atoms with E-state index in [4.69, 9.17) is 11.6 Å². The average molecular weight is 233 g/mol. The van der Waals surface area contributed by atoms with Crippen LogP contribution in [-0.2, 0) is 11.3 Å². The molecule has 0 saturated heterocycles. The molecule has 3 nitrogen and oxygen atoms in total. The summed E-state index contributed by atoms with van der Waals surface area (Å²) < 4.78 is 42.8. The number of aromatic nitrogens is 2. The molecule has 1 heterocycles. The zero-order valence-corrected chi connectivity index (χ0v) is 7.71. The highest BCUT2D eigenvalue weighted by Crippen LogP contribution is 2.16. The monoisotopic (exact) mass is 232 g/mol. The lowest BCUT2D eigenvalue weighted by molar-refractivity contribution is -0.177. The van der Waals surface area contributed by atoms with Gasteiger partial charge in [0.2, 0.25) is 4.47 Å². The summed E-state index contributed by atoms with van der Waals surface area (Å²) in [6.45, 7) is -1.58. The molecule has 0 aliphatic heterocycles. The van der Waals surface area contributed by atoms with Crippen molar-refractivity contribution in [2.75, 3.05) is 6.61 Å². The highest BCUT2D eigenvalue weighted by atomic mass is 35.5. The Bertz CT molecular complexity index is 277. The van der Waals surface area contributed by atoms with Crippen LogP contribution in [0.2, 0.25) is 4.47 Å². The maximum Gasteiger partial charge on any atom is 0.411 e. The number of hydrogen-bond acceptors (Lipinski definition) is 4. The molecule has 8 heteroatoms. The maximum atomic E-state index is 11.6. The third-order valence-corrected chi connectivity index (χ3v) is 1.78. The zero-order chi connectivity index (χ0) is 9.90. The molecule has 1 aromatic rings. The average Bonchev–Trinajstić information content (AvgIpc) is 2.33. The minimum absolute atomic E-state index is 0.166. The van der Waals surface area contributed by atoms with E-state index >= 15 is 0 Å². The Labute approximate surface area is 80.7 Å². The Morgan fingerprint density at radius 2 is 2.15 bits per heavy atom. The third kappa shape index (κ3) is 4.39. The molecule has 0 aliphatic carbocycles. The molecular formula is C5H4ClF3N2OS. The summed E-state index contributed by atoms with van der Waals surface area (Å²) in [5.41, 5.74) is 0. The molecule has 0 amide bonds. The first-order valence-electron chi connectivity index (χ1n) is 3.10. The van der Waals surface area contributed by atoms with Gasteiger partial charge in [0.25, 0.3) is 0 Å². The van der Waals surface area contributed by atoms with Crippen LogP contribution in [0.25, 0.3) is 0 Å². The molecular weight excluding hydrogens is 229 g/mol. The van der Waals surface area contributed by atoms with Gasteiger partial charge in [-0.3, -0.25) is 0 Å². The summed E-state index contributed by atoms with van der Waals surface area (Å²) in [7, 11) is 0. The quantitative estimate of drug-likeness (QED) is 0.802. The lowest BCUT2D eigenvalue weighted by Crippen LogP contribution is -2.16. The Morgan fingerprint density at radius 3 is 2.62 bits per heavy atom. The van der Waals surface area contributed by atoms with Gasteiger partial charge in [-0.1, -0.05) is 0 Å². The molecule has 0 N–H and O–H groups in total. The van der Waals surface area contributed by atoms with Crippen LogP contribution in [0.4, 0.5) is 13.2 Å². The summed E-state index contributed by atoms with van der Waals surface area (Å²) in [4.78, 5) is 3.61. The first kappa shape index (κ1) is 10.7. The van der Waals surface area contributed by atoms with E-state index < -0.39 is 12.8 Å². The second kappa shape index (κ2) is 4.21. The third-order valence-electron chi connectivity index (χ3n) is 0.940. The van der Waals surface area contributed by atoms with Gasteiger partial charge in [-0.25, -0.2) is 4.98 Å². The van der Waals surface area contributed by atoms with Crippen LogP contribution in [0.3, 0.4) is 0 Å². The molecule has 0 aromatic carbocycles. The molecule has 0 aliphatic rings. The molecule has 0 saturated carbocycles. The van der Waals surface area contributed by atoms with Gasteiger partial charge in [0.1, 0.15) is 13.2 Å². The molecule has 13 heavy (non-hydrogen) atoms. The number of alkyl halides is 3. The normalized spacial score (nSPS) is 12.0. The lowest BCUT2D eigenvalue weighted by Gasteiger charge is -2.04. The first-order valence-corrected chi connectivity index (χ1v) is 4.25. The molecule has 1 aromatic heterocycles. The lowest BCUT2D eigenvalue weighted by atomic mass is 10.6. The number of rotatable bonds is 3. The zero-order valence-electron chi connectivity index (χ0n) is 6.14. The van der Waals surface area contributed by atoms with E-state index in [1.54, 1.807) is 0 Å². The second-order valence-corrected chi connectivity index (χ2v) is 3.41. The van der Waals surface area contributed by atoms with Crippen LogP contribution in [0.5, 0.6) is 0 Å². The van der Waals surface area contributed by atoms with E-state index in [1.807, 2.05) is 0 Å². The maximum absolute atomic E-state index is 11.6. The van der Waals surface area contributed by atoms with Gasteiger partial charge in [0.05, 0.1) is 0 Å². The van der Waals surface area contributed by atoms with E-state index in [0.29, 0.717) is 0 Å². The van der Waals surface area contributed by atoms with Crippen molar-refractivity contribution in [3.63, 3.8) is 0 Å². The Balaban J connectivity index is 2.28. The fraction of sp³-hybridized carbons (Fsp3) is 0.600. The molecule has 0 radical (unpaired) electrons. The smallest absolute Gasteiger partial charge is 0.364 e. The van der Waals surface area contributed by atoms with Crippen molar-refractivity contribution in [1.29, 1.82) is 0 Å². The van der Waals surface area contributed by atoms with Crippen LogP contribution >= 0.6 is 23.1 Å². The summed E-state index contributed by atoms with van der Waals surface area (Å²) in [5.74, 6) is 0.166. The van der Waals surface area contributed by atoms with E-state index in [2.05, 4.69) is 14.1 Å². The van der Waals surface area contributed by atoms with Crippen LogP contribution in [0, 0.1) is 0 Å². The van der Waals surface area contributed by atoms with Crippen molar-refractivity contribution in [3.8, 4) is 0 Å². The minimum atomic E-state index is -4.32. The molecule has 0 unspecified atom stereocenters. The van der Waals surface area contributed by atoms with E-state index in [0.717, 1.165) is 11.5 Å². The summed E-state index contributed by atoms with van der Waals surface area (Å²) in [5, 5.41) is 0. The summed E-state index contributed by atoms with van der Waals surface area (Å²) >= 11 is 6.30. The molecule has 74 valence electrons. The number of ether oxygens (including phenoxy) is 1. The summed E-state index contributed by atoms with van der Waals surface area (Å²) in [6, 6.07) is 0. The van der Waals surface area contributed by atoms with E-state index in [9.17, 15) is 13.2 Å². The highest BCUT2D eigenvalue weighted by Gasteiger charge is 2.27. The van der Waals surface area contributed by atoms with Crippen molar-refractivity contribution in [3.05, 3.63) is 10.3 Å². The highest BCUT2D eigenvalue weighted by molar-refractivity contribution is 7.10. The number of nitrogens with zero attached hydrogens (tertiary/aromatic N) is 2. The van der Waals surface area contributed by atoms with E-state index in [1.165, 1.54) is 0 Å². The SMILES string of the molecule is FC(F)(F)COCc1nsc(Cl)n1. The molecule has 0 atom stereocenters. The number of hydrogen-bond donors (Lipinski definition) is 0. The molecule has 1 rings (SSSR count). The number of halogens is 4. The van der Waals surface area contributed by atoms with Crippen molar-refractivity contribution < 1.29 is 17.9 Å². The van der Waals surface area contributed by atoms with Crippen LogP contribution in [0.1, 0.15) is 5.82 Å². The van der Waals surface area contributed by atoms with Gasteiger partial charge in [-0.2, -0.15) is 17.5 Å². The predicted molar refractivity (Wildman–Crippen MR) is 40.6 cm³/mol. The molecule has 0 bridgehead atoms. The van der Waals surface area contributed by atoms with Crippen LogP contribution in [0.15, 0.2) is 0 Å². The Kier molecular flexibility index (Phi) is 3.46. The van der Waals surface area contributed by atoms with Crippen molar-refractivity contribution in [2.45, 2.75) is 12.8 Å². The standard InChI is InChI=1S/C5H4ClF3N2OS/c6-4-10-3(11-13-4)1-12-2-5(7,8)9/h1-2H2. The minimum Gasteiger partial charge on any atom is -0.364 e. The van der Waals surface area contributed by atoms with E-state index in [-0.39, 0.29) is 16.9 Å². The Hall–Kier alpha value is -0.400. The van der Waals surface area contributed by atoms with Gasteiger partial charge < -0.3 is 4.74 Å². The van der Waals surface area contributed by atoms with Crippen molar-refractivity contribution in [2.24, 2.45) is 0 Å². The van der Waals surface area contributed by atoms with Gasteiger partial charge in [0.15, 0.2) is 5.82 Å². The molecule has 0 spiro atoms. The van der Waals surface area contributed by atoms with Gasteiger partial charge >= 0.3 is 6.18 Å². The topological polar surface area (TPSA) is 35.0 Å². The van der Waals surface area contributed by atoms with Crippen molar-refractivity contribution >= 4 is 23.1 Å². The van der Waals surface area contributed by atoms with Crippen LogP contribution < -0.4 is 0 Å². The molecule has 0 fully saturated rings. The first-order chi connectivity index (χ1) is 5.97. The predicted octanol–water partition coefficient (Wildman–Crippen LogP) is 2.27. The fourth-order valence-corrected chi connectivity index (χ4v) is 1.17. The fourth-order valence-electron chi connectivity index (χ4n) is 0.549. The summed E-state index contributed by atoms with van der Waals surface area (Å²) in [6.07, 6.45) is -4.32. The second-order valence-electron chi connectivity index (χ2n) is 2.07.